The van der Waals surface area contributed by atoms with Crippen molar-refractivity contribution in [2.24, 2.45) is 0 Å². The van der Waals surface area contributed by atoms with Gasteiger partial charge in [0.2, 0.25) is 0 Å². The molecule has 0 spiro atoms. The summed E-state index contributed by atoms with van der Waals surface area (Å²) in [7, 11) is -4.22. The van der Waals surface area contributed by atoms with Crippen LogP contribution in [0.15, 0.2) is 65.5 Å². The van der Waals surface area contributed by atoms with Crippen LogP contribution in [0.3, 0.4) is 0 Å². The monoisotopic (exact) mass is 544 g/mol. The Labute approximate surface area is 207 Å². The minimum atomic E-state index is -4.51. The molecule has 0 saturated carbocycles. The molecule has 1 aromatic heterocycles. The van der Waals surface area contributed by atoms with Crippen LogP contribution in [0.25, 0.3) is 11.3 Å². The van der Waals surface area contributed by atoms with Crippen LogP contribution in [0.1, 0.15) is 16.8 Å². The molecule has 0 unspecified atom stereocenters. The number of amides is 2. The van der Waals surface area contributed by atoms with Crippen molar-refractivity contribution >= 4 is 33.2 Å². The zero-order valence-corrected chi connectivity index (χ0v) is 19.7. The molecule has 2 aromatic carbocycles. The van der Waals surface area contributed by atoms with Gasteiger partial charge in [-0.2, -0.15) is 18.3 Å². The van der Waals surface area contributed by atoms with Crippen LogP contribution < -0.4 is 10.0 Å². The van der Waals surface area contributed by atoms with E-state index in [0.29, 0.717) is 10.6 Å². The standard InChI is InChI=1S/C22H17ClF4N4O4S/c23-15-3-7-17(8-4-15)36(33,34)30-21(32)28-10-19(24)18-12-35-11-13-9-29-31(20(13)18)16-5-1-14(2-6-16)22(25,26)27/h1-9H,10-12H2,(H2,28,30,32). The summed E-state index contributed by atoms with van der Waals surface area (Å²) in [5, 5.41) is 6.57. The Morgan fingerprint density at radius 3 is 2.39 bits per heavy atom. The average Bonchev–Trinajstić information content (AvgIpc) is 3.26. The van der Waals surface area contributed by atoms with Crippen LogP contribution >= 0.6 is 11.6 Å². The van der Waals surface area contributed by atoms with E-state index in [9.17, 15) is 26.4 Å². The fraction of sp³-hybridized carbons (Fsp3) is 0.182. The summed E-state index contributed by atoms with van der Waals surface area (Å²) in [6, 6.07) is 8.06. The van der Waals surface area contributed by atoms with Gasteiger partial charge >= 0.3 is 12.2 Å². The second kappa shape index (κ2) is 9.91. The Hall–Kier alpha value is -3.42. The number of nitrogens with one attached hydrogen (secondary N) is 2. The number of fused-ring (bicyclic) bond motifs is 1. The number of sulfonamides is 1. The minimum absolute atomic E-state index is 0.00880. The minimum Gasteiger partial charge on any atom is -0.372 e. The maximum Gasteiger partial charge on any atom is 0.416 e. The molecule has 1 aliphatic rings. The first-order valence-corrected chi connectivity index (χ1v) is 12.1. The van der Waals surface area contributed by atoms with Gasteiger partial charge in [0.15, 0.2) is 0 Å². The summed E-state index contributed by atoms with van der Waals surface area (Å²) in [6.07, 6.45) is -3.11. The first kappa shape index (κ1) is 25.7. The summed E-state index contributed by atoms with van der Waals surface area (Å²) in [5.74, 6) is -0.844. The summed E-state index contributed by atoms with van der Waals surface area (Å²) >= 11 is 5.73. The lowest BCUT2D eigenvalue weighted by Gasteiger charge is -2.20. The van der Waals surface area contributed by atoms with Crippen molar-refractivity contribution in [3.8, 4) is 5.69 Å². The van der Waals surface area contributed by atoms with Crippen molar-refractivity contribution in [3.63, 3.8) is 0 Å². The lowest BCUT2D eigenvalue weighted by atomic mass is 10.1. The Morgan fingerprint density at radius 2 is 1.75 bits per heavy atom. The van der Waals surface area contributed by atoms with Crippen molar-refractivity contribution in [2.45, 2.75) is 17.7 Å². The largest absolute Gasteiger partial charge is 0.416 e. The van der Waals surface area contributed by atoms with Gasteiger partial charge in [-0.05, 0) is 48.5 Å². The van der Waals surface area contributed by atoms with E-state index in [2.05, 4.69) is 10.4 Å². The molecule has 0 saturated heterocycles. The number of aromatic nitrogens is 2. The molecule has 190 valence electrons. The SMILES string of the molecule is O=C(NCC(F)=C1COCc2cnn(-c3ccc(C(F)(F)F)cc3)c21)NS(=O)(=O)c1ccc(Cl)cc1. The molecule has 36 heavy (non-hydrogen) atoms. The van der Waals surface area contributed by atoms with Crippen LogP contribution in [0.4, 0.5) is 22.4 Å². The van der Waals surface area contributed by atoms with Gasteiger partial charge in [-0.1, -0.05) is 11.6 Å². The highest BCUT2D eigenvalue weighted by molar-refractivity contribution is 7.90. The van der Waals surface area contributed by atoms with Crippen LogP contribution in [-0.4, -0.2) is 37.4 Å². The number of benzene rings is 2. The van der Waals surface area contributed by atoms with E-state index in [1.165, 1.54) is 47.3 Å². The molecule has 3 aromatic rings. The molecule has 2 N–H and O–H groups in total. The zero-order valence-electron chi connectivity index (χ0n) is 18.1. The Morgan fingerprint density at radius 1 is 1.08 bits per heavy atom. The Balaban J connectivity index is 1.52. The number of rotatable bonds is 5. The van der Waals surface area contributed by atoms with E-state index in [0.717, 1.165) is 12.1 Å². The molecule has 0 aliphatic carbocycles. The van der Waals surface area contributed by atoms with Gasteiger partial charge in [-0.25, -0.2) is 27.0 Å². The quantitative estimate of drug-likeness (QED) is 0.462. The Bertz CT molecular complexity index is 1420. The van der Waals surface area contributed by atoms with Crippen molar-refractivity contribution in [2.75, 3.05) is 13.2 Å². The summed E-state index contributed by atoms with van der Waals surface area (Å²) in [6.45, 7) is -0.782. The van der Waals surface area contributed by atoms with Crippen molar-refractivity contribution in [3.05, 3.63) is 82.4 Å². The smallest absolute Gasteiger partial charge is 0.372 e. The number of hydrogen-bond donors (Lipinski definition) is 2. The predicted octanol–water partition coefficient (Wildman–Crippen LogP) is 4.44. The molecule has 0 atom stereocenters. The molecular formula is C22H17ClF4N4O4S. The first-order valence-electron chi connectivity index (χ1n) is 10.2. The number of carbonyl (C=O) groups is 1. The molecule has 0 fully saturated rings. The number of halogens is 5. The molecule has 0 bridgehead atoms. The lowest BCUT2D eigenvalue weighted by Crippen LogP contribution is -2.40. The van der Waals surface area contributed by atoms with Crippen LogP contribution in [-0.2, 0) is 27.5 Å². The maximum absolute atomic E-state index is 15.1. The number of nitrogens with zero attached hydrogens (tertiary/aromatic N) is 2. The number of urea groups is 1. The van der Waals surface area contributed by atoms with Gasteiger partial charge in [0, 0.05) is 16.2 Å². The molecule has 14 heteroatoms. The fourth-order valence-electron chi connectivity index (χ4n) is 3.43. The van der Waals surface area contributed by atoms with Gasteiger partial charge in [-0.15, -0.1) is 0 Å². The summed E-state index contributed by atoms with van der Waals surface area (Å²) in [5.41, 5.74) is 0.183. The van der Waals surface area contributed by atoms with Crippen LogP contribution in [0.2, 0.25) is 5.02 Å². The van der Waals surface area contributed by atoms with Crippen molar-refractivity contribution < 1.29 is 35.5 Å². The second-order valence-corrected chi connectivity index (χ2v) is 9.71. The molecule has 2 heterocycles. The highest BCUT2D eigenvalue weighted by Gasteiger charge is 2.31. The highest BCUT2D eigenvalue weighted by atomic mass is 35.5. The number of hydrogen-bond acceptors (Lipinski definition) is 5. The van der Waals surface area contributed by atoms with E-state index in [1.807, 2.05) is 0 Å². The number of alkyl halides is 3. The van der Waals surface area contributed by atoms with E-state index in [4.69, 9.17) is 16.3 Å². The molecule has 2 amide bonds. The maximum atomic E-state index is 15.1. The third kappa shape index (κ3) is 5.53. The van der Waals surface area contributed by atoms with Crippen LogP contribution in [0, 0.1) is 0 Å². The van der Waals surface area contributed by atoms with Crippen molar-refractivity contribution in [1.29, 1.82) is 0 Å². The summed E-state index contributed by atoms with van der Waals surface area (Å²) in [4.78, 5) is 11.9. The average molecular weight is 545 g/mol. The van der Waals surface area contributed by atoms with Gasteiger partial charge in [0.25, 0.3) is 10.0 Å². The lowest BCUT2D eigenvalue weighted by molar-refractivity contribution is -0.137. The van der Waals surface area contributed by atoms with E-state index in [-0.39, 0.29) is 35.1 Å². The number of ether oxygens (including phenoxy) is 1. The topological polar surface area (TPSA) is 102 Å². The van der Waals surface area contributed by atoms with Crippen LogP contribution in [0.5, 0.6) is 0 Å². The highest BCUT2D eigenvalue weighted by Crippen LogP contribution is 2.33. The van der Waals surface area contributed by atoms with Gasteiger partial charge in [0.05, 0.1) is 47.8 Å². The zero-order chi connectivity index (χ0) is 26.1. The normalized spacial score (nSPS) is 15.2. The van der Waals surface area contributed by atoms with Gasteiger partial charge in [-0.3, -0.25) is 0 Å². The third-order valence-corrected chi connectivity index (χ3v) is 6.76. The molecular weight excluding hydrogens is 528 g/mol. The molecule has 8 nitrogen and oxygen atoms in total. The van der Waals surface area contributed by atoms with Gasteiger partial charge < -0.3 is 10.1 Å². The summed E-state index contributed by atoms with van der Waals surface area (Å²) < 4.78 is 86.8. The Kier molecular flexibility index (Phi) is 7.07. The second-order valence-electron chi connectivity index (χ2n) is 7.59. The number of carbonyl (C=O) groups excluding carboxylic acids is 1. The molecule has 4 rings (SSSR count). The predicted molar refractivity (Wildman–Crippen MR) is 121 cm³/mol. The van der Waals surface area contributed by atoms with E-state index in [1.54, 1.807) is 4.72 Å². The molecule has 0 radical (unpaired) electrons. The first-order chi connectivity index (χ1) is 17.0. The molecule has 1 aliphatic heterocycles. The third-order valence-electron chi connectivity index (χ3n) is 5.16. The van der Waals surface area contributed by atoms with E-state index >= 15 is 4.39 Å². The van der Waals surface area contributed by atoms with E-state index < -0.39 is 40.2 Å². The van der Waals surface area contributed by atoms with Crippen molar-refractivity contribution in [1.82, 2.24) is 19.8 Å². The van der Waals surface area contributed by atoms with Gasteiger partial charge in [0.1, 0.15) is 5.83 Å². The fourth-order valence-corrected chi connectivity index (χ4v) is 4.49.